The minimum Gasteiger partial charge on any atom is -0.377 e. The number of hydrogen-bond donors (Lipinski definition) is 2. The van der Waals surface area contributed by atoms with E-state index in [0.717, 1.165) is 0 Å². The molecule has 0 aromatic rings. The van der Waals surface area contributed by atoms with Gasteiger partial charge in [-0.2, -0.15) is 0 Å². The number of carbonyl (C=O) groups is 2. The van der Waals surface area contributed by atoms with Crippen molar-refractivity contribution in [2.24, 2.45) is 0 Å². The van der Waals surface area contributed by atoms with Gasteiger partial charge in [-0.25, -0.2) is 4.79 Å². The molecule has 1 aliphatic rings. The van der Waals surface area contributed by atoms with Crippen molar-refractivity contribution in [3.8, 4) is 0 Å². The smallest absolute Gasteiger partial charge is 0.318 e. The third-order valence-electron chi connectivity index (χ3n) is 2.45. The molecule has 0 radical (unpaired) electrons. The van der Waals surface area contributed by atoms with Gasteiger partial charge in [0, 0.05) is 19.1 Å². The van der Waals surface area contributed by atoms with Crippen LogP contribution in [0.5, 0.6) is 0 Å². The van der Waals surface area contributed by atoms with Crippen LogP contribution in [0.4, 0.5) is 4.79 Å². The van der Waals surface area contributed by atoms with Crippen molar-refractivity contribution in [1.29, 1.82) is 0 Å². The van der Waals surface area contributed by atoms with Gasteiger partial charge in [0.25, 0.3) is 0 Å². The van der Waals surface area contributed by atoms with Crippen molar-refractivity contribution in [2.45, 2.75) is 32.9 Å². The summed E-state index contributed by atoms with van der Waals surface area (Å²) >= 11 is 0. The molecule has 98 valence electrons. The van der Waals surface area contributed by atoms with Crippen LogP contribution in [-0.2, 0) is 9.53 Å². The Bertz CT molecular complexity index is 281. The number of amides is 3. The van der Waals surface area contributed by atoms with Gasteiger partial charge in [-0.3, -0.25) is 4.79 Å². The Kier molecular flexibility index (Phi) is 5.21. The monoisotopic (exact) mass is 243 g/mol. The maximum atomic E-state index is 11.9. The summed E-state index contributed by atoms with van der Waals surface area (Å²) in [7, 11) is 0. The van der Waals surface area contributed by atoms with Crippen LogP contribution in [0.3, 0.4) is 0 Å². The molecular formula is C11H21N3O3. The second-order valence-corrected chi connectivity index (χ2v) is 4.28. The number of rotatable bonds is 3. The van der Waals surface area contributed by atoms with Crippen LogP contribution < -0.4 is 10.6 Å². The summed E-state index contributed by atoms with van der Waals surface area (Å²) in [6.45, 7) is 7.35. The van der Waals surface area contributed by atoms with Gasteiger partial charge in [-0.05, 0) is 20.8 Å². The van der Waals surface area contributed by atoms with Gasteiger partial charge in [0.05, 0.1) is 13.2 Å². The Morgan fingerprint density at radius 3 is 2.76 bits per heavy atom. The zero-order valence-corrected chi connectivity index (χ0v) is 10.7. The van der Waals surface area contributed by atoms with E-state index in [9.17, 15) is 9.59 Å². The summed E-state index contributed by atoms with van der Waals surface area (Å²) in [6, 6.07) is -0.682. The van der Waals surface area contributed by atoms with E-state index in [1.807, 2.05) is 20.8 Å². The predicted molar refractivity (Wildman–Crippen MR) is 63.7 cm³/mol. The molecule has 17 heavy (non-hydrogen) atoms. The molecule has 1 unspecified atom stereocenters. The standard InChI is InChI=1S/C11H21N3O3/c1-4-12-11(16)14-5-6-17-7-9(14)10(15)13-8(2)3/h8-9H,4-7H2,1-3H3,(H,12,16)(H,13,15). The van der Waals surface area contributed by atoms with Crippen LogP contribution in [0.15, 0.2) is 0 Å². The van der Waals surface area contributed by atoms with Gasteiger partial charge >= 0.3 is 6.03 Å². The van der Waals surface area contributed by atoms with Crippen LogP contribution in [0.1, 0.15) is 20.8 Å². The molecule has 0 spiro atoms. The molecule has 6 heteroatoms. The maximum Gasteiger partial charge on any atom is 0.318 e. The Balaban J connectivity index is 2.65. The summed E-state index contributed by atoms with van der Waals surface area (Å²) in [6.07, 6.45) is 0. The van der Waals surface area contributed by atoms with Crippen molar-refractivity contribution in [2.75, 3.05) is 26.3 Å². The van der Waals surface area contributed by atoms with Crippen molar-refractivity contribution < 1.29 is 14.3 Å². The topological polar surface area (TPSA) is 70.7 Å². The van der Waals surface area contributed by atoms with Gasteiger partial charge in [0.2, 0.25) is 5.91 Å². The van der Waals surface area contributed by atoms with Crippen molar-refractivity contribution in [3.05, 3.63) is 0 Å². The molecule has 2 N–H and O–H groups in total. The lowest BCUT2D eigenvalue weighted by Crippen LogP contribution is -2.58. The minimum absolute atomic E-state index is 0.0560. The van der Waals surface area contributed by atoms with Gasteiger partial charge < -0.3 is 20.3 Å². The highest BCUT2D eigenvalue weighted by molar-refractivity contribution is 5.87. The molecule has 0 bridgehead atoms. The van der Waals surface area contributed by atoms with Crippen LogP contribution in [0.25, 0.3) is 0 Å². The maximum absolute atomic E-state index is 11.9. The van der Waals surface area contributed by atoms with E-state index in [1.165, 1.54) is 4.90 Å². The average Bonchev–Trinajstić information content (AvgIpc) is 2.28. The second-order valence-electron chi connectivity index (χ2n) is 4.28. The Hall–Kier alpha value is -1.30. The highest BCUT2D eigenvalue weighted by Gasteiger charge is 2.32. The molecule has 1 rings (SSSR count). The number of ether oxygens (including phenoxy) is 1. The van der Waals surface area contributed by atoms with E-state index in [1.54, 1.807) is 0 Å². The van der Waals surface area contributed by atoms with E-state index < -0.39 is 6.04 Å². The van der Waals surface area contributed by atoms with Crippen LogP contribution in [0, 0.1) is 0 Å². The lowest BCUT2D eigenvalue weighted by molar-refractivity contribution is -0.130. The normalized spacial score (nSPS) is 20.2. The zero-order chi connectivity index (χ0) is 12.8. The van der Waals surface area contributed by atoms with Gasteiger partial charge in [0.15, 0.2) is 0 Å². The molecule has 1 aliphatic heterocycles. The SMILES string of the molecule is CCNC(=O)N1CCOCC1C(=O)NC(C)C. The highest BCUT2D eigenvalue weighted by atomic mass is 16.5. The summed E-state index contributed by atoms with van der Waals surface area (Å²) in [5.41, 5.74) is 0. The van der Waals surface area contributed by atoms with E-state index in [4.69, 9.17) is 4.74 Å². The number of nitrogens with zero attached hydrogens (tertiary/aromatic N) is 1. The first kappa shape index (κ1) is 13.8. The largest absolute Gasteiger partial charge is 0.377 e. The third-order valence-corrected chi connectivity index (χ3v) is 2.45. The number of hydrogen-bond acceptors (Lipinski definition) is 3. The fourth-order valence-corrected chi connectivity index (χ4v) is 1.70. The first-order valence-electron chi connectivity index (χ1n) is 5.98. The summed E-state index contributed by atoms with van der Waals surface area (Å²) < 4.78 is 5.26. The lowest BCUT2D eigenvalue weighted by Gasteiger charge is -2.34. The lowest BCUT2D eigenvalue weighted by atomic mass is 10.2. The fraction of sp³-hybridized carbons (Fsp3) is 0.818. The molecule has 1 saturated heterocycles. The Morgan fingerprint density at radius 1 is 1.47 bits per heavy atom. The quantitative estimate of drug-likeness (QED) is 0.729. The average molecular weight is 243 g/mol. The molecule has 1 fully saturated rings. The van der Waals surface area contributed by atoms with Crippen LogP contribution in [0.2, 0.25) is 0 Å². The van der Waals surface area contributed by atoms with Crippen molar-refractivity contribution in [3.63, 3.8) is 0 Å². The molecule has 3 amide bonds. The highest BCUT2D eigenvalue weighted by Crippen LogP contribution is 2.07. The molecule has 1 atom stereocenters. The Labute approximate surface area is 102 Å². The minimum atomic E-state index is -0.530. The number of carbonyl (C=O) groups excluding carboxylic acids is 2. The molecular weight excluding hydrogens is 222 g/mol. The van der Waals surface area contributed by atoms with Crippen molar-refractivity contribution >= 4 is 11.9 Å². The van der Waals surface area contributed by atoms with Crippen LogP contribution in [-0.4, -0.2) is 55.2 Å². The summed E-state index contributed by atoms with van der Waals surface area (Å²) in [5, 5.41) is 5.50. The fourth-order valence-electron chi connectivity index (χ4n) is 1.70. The van der Waals surface area contributed by atoms with Crippen LogP contribution >= 0.6 is 0 Å². The third kappa shape index (κ3) is 3.89. The van der Waals surface area contributed by atoms with Gasteiger partial charge in [-0.15, -0.1) is 0 Å². The number of morpholine rings is 1. The molecule has 0 aromatic carbocycles. The first-order chi connectivity index (χ1) is 8.06. The zero-order valence-electron chi connectivity index (χ0n) is 10.7. The number of nitrogens with one attached hydrogen (secondary N) is 2. The van der Waals surface area contributed by atoms with Gasteiger partial charge in [0.1, 0.15) is 6.04 Å². The first-order valence-corrected chi connectivity index (χ1v) is 5.98. The molecule has 0 aromatic heterocycles. The van der Waals surface area contributed by atoms with E-state index in [2.05, 4.69) is 10.6 Å². The van der Waals surface area contributed by atoms with E-state index in [0.29, 0.717) is 19.7 Å². The molecule has 0 saturated carbocycles. The predicted octanol–water partition coefficient (Wildman–Crippen LogP) is -0.0587. The second kappa shape index (κ2) is 6.44. The molecule has 6 nitrogen and oxygen atoms in total. The van der Waals surface area contributed by atoms with E-state index >= 15 is 0 Å². The van der Waals surface area contributed by atoms with E-state index in [-0.39, 0.29) is 24.6 Å². The summed E-state index contributed by atoms with van der Waals surface area (Å²) in [4.78, 5) is 25.2. The number of urea groups is 1. The molecule has 1 heterocycles. The Morgan fingerprint density at radius 2 is 2.18 bits per heavy atom. The van der Waals surface area contributed by atoms with Crippen molar-refractivity contribution in [1.82, 2.24) is 15.5 Å². The van der Waals surface area contributed by atoms with Gasteiger partial charge in [-0.1, -0.05) is 0 Å². The summed E-state index contributed by atoms with van der Waals surface area (Å²) in [5.74, 6) is -0.161. The molecule has 0 aliphatic carbocycles.